The largest absolute Gasteiger partial charge is 0.508 e. The molecule has 1 amide bonds. The lowest BCUT2D eigenvalue weighted by atomic mass is 10.0. The number of rotatable bonds is 2. The van der Waals surface area contributed by atoms with E-state index in [9.17, 15) is 9.90 Å². The monoisotopic (exact) mass is 289 g/mol. The van der Waals surface area contributed by atoms with Gasteiger partial charge in [0.15, 0.2) is 5.82 Å². The van der Waals surface area contributed by atoms with Crippen LogP contribution in [-0.4, -0.2) is 22.0 Å². The van der Waals surface area contributed by atoms with Crippen LogP contribution in [0.15, 0.2) is 36.4 Å². The lowest BCUT2D eigenvalue weighted by Crippen LogP contribution is -2.40. The fourth-order valence-electron chi connectivity index (χ4n) is 2.11. The third-order valence-corrected chi connectivity index (χ3v) is 3.33. The second-order valence-electron chi connectivity index (χ2n) is 4.59. The van der Waals surface area contributed by atoms with Gasteiger partial charge in [0.05, 0.1) is 5.69 Å². The minimum atomic E-state index is -0.419. The van der Waals surface area contributed by atoms with Crippen LogP contribution >= 0.6 is 11.6 Å². The van der Waals surface area contributed by atoms with E-state index in [0.29, 0.717) is 23.1 Å². The molecule has 3 rings (SSSR count). The molecule has 2 heterocycles. The maximum absolute atomic E-state index is 12.0. The first kappa shape index (κ1) is 12.7. The topological polar surface area (TPSA) is 74.2 Å². The molecular weight excluding hydrogens is 278 g/mol. The zero-order valence-electron chi connectivity index (χ0n) is 10.4. The average Bonchev–Trinajstić information content (AvgIpc) is 2.42. The summed E-state index contributed by atoms with van der Waals surface area (Å²) in [5, 5.41) is 15.5. The minimum Gasteiger partial charge on any atom is -0.508 e. The smallest absolute Gasteiger partial charge is 0.247 e. The van der Waals surface area contributed by atoms with Crippen LogP contribution in [0.2, 0.25) is 5.15 Å². The van der Waals surface area contributed by atoms with Crippen LogP contribution in [0.5, 0.6) is 5.75 Å². The van der Waals surface area contributed by atoms with Crippen molar-refractivity contribution in [2.45, 2.75) is 12.5 Å². The zero-order valence-corrected chi connectivity index (χ0v) is 11.2. The summed E-state index contributed by atoms with van der Waals surface area (Å²) in [5.74, 6) is 0.657. The number of hydrogen-bond donors (Lipinski definition) is 3. The Kier molecular flexibility index (Phi) is 3.20. The number of nitrogens with one attached hydrogen (secondary N) is 2. The van der Waals surface area contributed by atoms with Crippen molar-refractivity contribution in [3.63, 3.8) is 0 Å². The van der Waals surface area contributed by atoms with Crippen LogP contribution in [0.4, 0.5) is 11.5 Å². The van der Waals surface area contributed by atoms with Gasteiger partial charge in [-0.1, -0.05) is 23.7 Å². The van der Waals surface area contributed by atoms with Gasteiger partial charge in [-0.15, -0.1) is 0 Å². The Morgan fingerprint density at radius 3 is 2.70 bits per heavy atom. The van der Waals surface area contributed by atoms with Crippen LogP contribution < -0.4 is 10.6 Å². The molecule has 2 aromatic rings. The lowest BCUT2D eigenvalue weighted by Gasteiger charge is -2.26. The van der Waals surface area contributed by atoms with E-state index in [-0.39, 0.29) is 11.7 Å². The van der Waals surface area contributed by atoms with E-state index in [2.05, 4.69) is 15.6 Å². The number of amides is 1. The van der Waals surface area contributed by atoms with Crippen LogP contribution in [0.3, 0.4) is 0 Å². The number of aromatic nitrogens is 1. The summed E-state index contributed by atoms with van der Waals surface area (Å²) in [6.45, 7) is 0. The number of carbonyl (C=O) groups excluding carboxylic acids is 1. The number of benzene rings is 1. The molecule has 0 spiro atoms. The Bertz CT molecular complexity index is 658. The molecule has 1 aromatic carbocycles. The number of aromatic hydroxyl groups is 1. The van der Waals surface area contributed by atoms with Gasteiger partial charge in [0.25, 0.3) is 0 Å². The summed E-state index contributed by atoms with van der Waals surface area (Å²) in [5.41, 5.74) is 1.57. The maximum atomic E-state index is 12.0. The molecule has 1 aromatic heterocycles. The van der Waals surface area contributed by atoms with Crippen LogP contribution in [0.1, 0.15) is 5.56 Å². The van der Waals surface area contributed by atoms with Crippen LogP contribution in [-0.2, 0) is 11.2 Å². The molecular formula is C14H12ClN3O2. The highest BCUT2D eigenvalue weighted by Crippen LogP contribution is 2.27. The first-order chi connectivity index (χ1) is 9.61. The number of halogens is 1. The van der Waals surface area contributed by atoms with Gasteiger partial charge in [0, 0.05) is 6.42 Å². The highest BCUT2D eigenvalue weighted by atomic mass is 35.5. The van der Waals surface area contributed by atoms with Crippen molar-refractivity contribution in [2.24, 2.45) is 0 Å². The number of hydrogen-bond acceptors (Lipinski definition) is 4. The van der Waals surface area contributed by atoms with E-state index in [1.54, 1.807) is 36.4 Å². The summed E-state index contributed by atoms with van der Waals surface area (Å²) < 4.78 is 0. The van der Waals surface area contributed by atoms with Crippen molar-refractivity contribution >= 4 is 29.0 Å². The molecule has 6 heteroatoms. The van der Waals surface area contributed by atoms with E-state index in [4.69, 9.17) is 11.6 Å². The fraction of sp³-hybridized carbons (Fsp3) is 0.143. The predicted octanol–water partition coefficient (Wildman–Crippen LogP) is 2.42. The lowest BCUT2D eigenvalue weighted by molar-refractivity contribution is -0.117. The second kappa shape index (κ2) is 5.02. The quantitative estimate of drug-likeness (QED) is 0.742. The number of phenolic OH excluding ortho intramolecular Hbond substituents is 1. The Labute approximate surface area is 120 Å². The summed E-state index contributed by atoms with van der Waals surface area (Å²) >= 11 is 5.85. The van der Waals surface area contributed by atoms with Crippen molar-refractivity contribution < 1.29 is 9.90 Å². The molecule has 0 bridgehead atoms. The van der Waals surface area contributed by atoms with E-state index in [1.807, 2.05) is 0 Å². The summed E-state index contributed by atoms with van der Waals surface area (Å²) in [6.07, 6.45) is 0.500. The molecule has 1 atom stereocenters. The Morgan fingerprint density at radius 1 is 1.20 bits per heavy atom. The van der Waals surface area contributed by atoms with Gasteiger partial charge in [0.2, 0.25) is 5.91 Å². The van der Waals surface area contributed by atoms with Crippen LogP contribution in [0, 0.1) is 0 Å². The van der Waals surface area contributed by atoms with Gasteiger partial charge in [-0.3, -0.25) is 4.79 Å². The van der Waals surface area contributed by atoms with E-state index in [1.165, 1.54) is 0 Å². The first-order valence-electron chi connectivity index (χ1n) is 6.14. The second-order valence-corrected chi connectivity index (χ2v) is 4.97. The normalized spacial score (nSPS) is 17.1. The molecule has 0 aliphatic carbocycles. The summed E-state index contributed by atoms with van der Waals surface area (Å²) in [7, 11) is 0. The van der Waals surface area contributed by atoms with Crippen LogP contribution in [0.25, 0.3) is 0 Å². The maximum Gasteiger partial charge on any atom is 0.247 e. The van der Waals surface area contributed by atoms with Crippen molar-refractivity contribution in [2.75, 3.05) is 10.6 Å². The number of nitrogens with zero attached hydrogens (tertiary/aromatic N) is 1. The van der Waals surface area contributed by atoms with Gasteiger partial charge >= 0.3 is 0 Å². The Hall–Kier alpha value is -2.27. The molecule has 20 heavy (non-hydrogen) atoms. The van der Waals surface area contributed by atoms with Crippen molar-refractivity contribution in [3.05, 3.63) is 47.1 Å². The fourth-order valence-corrected chi connectivity index (χ4v) is 2.26. The number of pyridine rings is 1. The van der Waals surface area contributed by atoms with Gasteiger partial charge in [0.1, 0.15) is 16.9 Å². The van der Waals surface area contributed by atoms with Gasteiger partial charge in [-0.25, -0.2) is 4.98 Å². The average molecular weight is 290 g/mol. The SMILES string of the molecule is O=C1Nc2ccc(Cl)nc2NC1Cc1ccc(O)cc1. The number of phenols is 1. The molecule has 0 saturated heterocycles. The Morgan fingerprint density at radius 2 is 1.95 bits per heavy atom. The Balaban J connectivity index is 1.81. The van der Waals surface area contributed by atoms with Crippen molar-refractivity contribution in [1.29, 1.82) is 0 Å². The molecule has 0 saturated carbocycles. The molecule has 1 unspecified atom stereocenters. The number of fused-ring (bicyclic) bond motifs is 1. The molecule has 0 fully saturated rings. The van der Waals surface area contributed by atoms with Gasteiger partial charge in [-0.2, -0.15) is 0 Å². The molecule has 5 nitrogen and oxygen atoms in total. The molecule has 0 radical (unpaired) electrons. The standard InChI is InChI=1S/C14H12ClN3O2/c15-12-6-5-10-13(18-12)16-11(14(20)17-10)7-8-1-3-9(19)4-2-8/h1-6,11,19H,7H2,(H,16,18)(H,17,20). The van der Waals surface area contributed by atoms with Crippen molar-refractivity contribution in [3.8, 4) is 5.75 Å². The number of anilines is 2. The highest BCUT2D eigenvalue weighted by Gasteiger charge is 2.26. The third-order valence-electron chi connectivity index (χ3n) is 3.12. The van der Waals surface area contributed by atoms with E-state index >= 15 is 0 Å². The minimum absolute atomic E-state index is 0.116. The molecule has 3 N–H and O–H groups in total. The first-order valence-corrected chi connectivity index (χ1v) is 6.51. The number of carbonyl (C=O) groups is 1. The summed E-state index contributed by atoms with van der Waals surface area (Å²) in [4.78, 5) is 16.2. The summed E-state index contributed by atoms with van der Waals surface area (Å²) in [6, 6.07) is 9.68. The highest BCUT2D eigenvalue weighted by molar-refractivity contribution is 6.29. The van der Waals surface area contributed by atoms with Gasteiger partial charge < -0.3 is 15.7 Å². The molecule has 102 valence electrons. The van der Waals surface area contributed by atoms with Crippen molar-refractivity contribution in [1.82, 2.24) is 4.98 Å². The zero-order chi connectivity index (χ0) is 14.1. The molecule has 1 aliphatic rings. The third kappa shape index (κ3) is 2.53. The molecule has 1 aliphatic heterocycles. The van der Waals surface area contributed by atoms with E-state index < -0.39 is 6.04 Å². The van der Waals surface area contributed by atoms with E-state index in [0.717, 1.165) is 5.56 Å². The predicted molar refractivity (Wildman–Crippen MR) is 77.1 cm³/mol. The van der Waals surface area contributed by atoms with Gasteiger partial charge in [-0.05, 0) is 29.8 Å².